The van der Waals surface area contributed by atoms with E-state index in [1.54, 1.807) is 17.5 Å². The van der Waals surface area contributed by atoms with Crippen LogP contribution in [0, 0.1) is 0 Å². The third-order valence-electron chi connectivity index (χ3n) is 4.12. The Morgan fingerprint density at radius 3 is 2.43 bits per heavy atom. The third kappa shape index (κ3) is 2.82. The topological polar surface area (TPSA) is 31.4 Å². The van der Waals surface area contributed by atoms with Crippen molar-refractivity contribution in [1.29, 1.82) is 0 Å². The van der Waals surface area contributed by atoms with Gasteiger partial charge in [0.05, 0.1) is 16.9 Å². The third-order valence-corrected chi connectivity index (χ3v) is 5.57. The number of nitrogens with zero attached hydrogens (tertiary/aromatic N) is 1. The number of rotatable bonds is 2. The predicted molar refractivity (Wildman–Crippen MR) is 91.0 cm³/mol. The van der Waals surface area contributed by atoms with Gasteiger partial charge in [0.25, 0.3) is 0 Å². The fourth-order valence-corrected chi connectivity index (χ4v) is 3.32. The summed E-state index contributed by atoms with van der Waals surface area (Å²) in [7, 11) is -0.305. The second-order valence-corrected chi connectivity index (χ2v) is 8.04. The summed E-state index contributed by atoms with van der Waals surface area (Å²) in [5.41, 5.74) is 1.42. The Morgan fingerprint density at radius 1 is 1.14 bits per heavy atom. The molecule has 1 fully saturated rings. The predicted octanol–water partition coefficient (Wildman–Crippen LogP) is 3.87. The highest BCUT2D eigenvalue weighted by atomic mass is 79.9. The lowest BCUT2D eigenvalue weighted by atomic mass is 9.87. The average Bonchev–Trinajstić information content (AvgIpc) is 2.93. The Bertz CT molecular complexity index is 655. The number of aromatic nitrogens is 1. The van der Waals surface area contributed by atoms with Gasteiger partial charge in [-0.15, -0.1) is 0 Å². The maximum absolute atomic E-state index is 6.08. The SMILES string of the molecule is CC1(C)OB(c2cc(-c3cc(Br)ccn3)cs2)OC1(C)C. The molecule has 0 radical (unpaired) electrons. The lowest BCUT2D eigenvalue weighted by Crippen LogP contribution is -2.41. The first-order valence-corrected chi connectivity index (χ1v) is 8.52. The molecule has 3 rings (SSSR count). The van der Waals surface area contributed by atoms with Crippen molar-refractivity contribution in [2.24, 2.45) is 0 Å². The Kier molecular flexibility index (Phi) is 3.77. The molecule has 0 aromatic carbocycles. The van der Waals surface area contributed by atoms with Gasteiger partial charge in [0.15, 0.2) is 0 Å². The van der Waals surface area contributed by atoms with E-state index in [0.717, 1.165) is 20.5 Å². The molecule has 0 N–H and O–H groups in total. The summed E-state index contributed by atoms with van der Waals surface area (Å²) in [6, 6.07) is 6.03. The Hall–Kier alpha value is -0.685. The van der Waals surface area contributed by atoms with Crippen molar-refractivity contribution in [3.63, 3.8) is 0 Å². The molecule has 0 unspecified atom stereocenters. The molecule has 3 heterocycles. The van der Waals surface area contributed by atoms with Crippen LogP contribution in [0.15, 0.2) is 34.2 Å². The lowest BCUT2D eigenvalue weighted by molar-refractivity contribution is 0.00578. The molecule has 21 heavy (non-hydrogen) atoms. The molecule has 6 heteroatoms. The van der Waals surface area contributed by atoms with E-state index < -0.39 is 0 Å². The summed E-state index contributed by atoms with van der Waals surface area (Å²) in [4.78, 5) is 4.40. The van der Waals surface area contributed by atoms with Crippen LogP contribution in [0.5, 0.6) is 0 Å². The maximum atomic E-state index is 6.08. The van der Waals surface area contributed by atoms with Gasteiger partial charge in [0.1, 0.15) is 0 Å². The molecule has 2 aromatic heterocycles. The van der Waals surface area contributed by atoms with Crippen LogP contribution in [0.1, 0.15) is 27.7 Å². The second-order valence-electron chi connectivity index (χ2n) is 6.19. The maximum Gasteiger partial charge on any atom is 0.505 e. The standard InChI is InChI=1S/C15H17BBrNO2S/c1-14(2)15(3,4)20-16(19-14)13-7-10(9-21-13)12-8-11(17)5-6-18-12/h5-9H,1-4H3. The normalized spacial score (nSPS) is 20.0. The van der Waals surface area contributed by atoms with E-state index >= 15 is 0 Å². The van der Waals surface area contributed by atoms with Crippen molar-refractivity contribution in [3.8, 4) is 11.3 Å². The van der Waals surface area contributed by atoms with Crippen molar-refractivity contribution >= 4 is 39.2 Å². The van der Waals surface area contributed by atoms with Gasteiger partial charge < -0.3 is 9.31 Å². The summed E-state index contributed by atoms with van der Waals surface area (Å²) < 4.78 is 14.3. The van der Waals surface area contributed by atoms with Crippen molar-refractivity contribution in [2.45, 2.75) is 38.9 Å². The number of halogens is 1. The van der Waals surface area contributed by atoms with Crippen LogP contribution in [0.25, 0.3) is 11.3 Å². The largest absolute Gasteiger partial charge is 0.505 e. The average molecular weight is 366 g/mol. The number of thiophene rings is 1. The zero-order chi connectivity index (χ0) is 15.3. The molecule has 0 atom stereocenters. The minimum Gasteiger partial charge on any atom is -0.399 e. The fourth-order valence-electron chi connectivity index (χ4n) is 2.13. The molecule has 0 saturated carbocycles. The van der Waals surface area contributed by atoms with Crippen LogP contribution in [0.4, 0.5) is 0 Å². The minimum atomic E-state index is -0.310. The Labute approximate surface area is 138 Å². The van der Waals surface area contributed by atoms with Crippen molar-refractivity contribution in [3.05, 3.63) is 34.2 Å². The number of pyridine rings is 1. The summed E-state index contributed by atoms with van der Waals surface area (Å²) in [5.74, 6) is 0. The number of hydrogen-bond acceptors (Lipinski definition) is 4. The van der Waals surface area contributed by atoms with Crippen LogP contribution < -0.4 is 4.78 Å². The highest BCUT2D eigenvalue weighted by molar-refractivity contribution is 9.10. The zero-order valence-corrected chi connectivity index (χ0v) is 14.9. The molecule has 2 aromatic rings. The van der Waals surface area contributed by atoms with Gasteiger partial charge in [-0.3, -0.25) is 4.98 Å². The molecule has 0 spiro atoms. The van der Waals surface area contributed by atoms with E-state index in [1.807, 2.05) is 12.1 Å². The van der Waals surface area contributed by atoms with Gasteiger partial charge in [0, 0.05) is 21.0 Å². The first-order valence-electron chi connectivity index (χ1n) is 6.84. The van der Waals surface area contributed by atoms with Crippen LogP contribution in [0.3, 0.4) is 0 Å². The van der Waals surface area contributed by atoms with E-state index in [9.17, 15) is 0 Å². The quantitative estimate of drug-likeness (QED) is 0.757. The molecule has 0 bridgehead atoms. The molecule has 3 nitrogen and oxygen atoms in total. The minimum absolute atomic E-state index is 0.305. The molecular weight excluding hydrogens is 349 g/mol. The summed E-state index contributed by atoms with van der Waals surface area (Å²) in [6.07, 6.45) is 1.80. The lowest BCUT2D eigenvalue weighted by Gasteiger charge is -2.32. The smallest absolute Gasteiger partial charge is 0.399 e. The van der Waals surface area contributed by atoms with E-state index in [-0.39, 0.29) is 18.3 Å². The van der Waals surface area contributed by atoms with Gasteiger partial charge in [-0.05, 0) is 51.3 Å². The van der Waals surface area contributed by atoms with Crippen LogP contribution in [0.2, 0.25) is 0 Å². The highest BCUT2D eigenvalue weighted by Crippen LogP contribution is 2.37. The summed E-state index contributed by atoms with van der Waals surface area (Å²) in [6.45, 7) is 8.27. The molecule has 0 amide bonds. The fraction of sp³-hybridized carbons (Fsp3) is 0.400. The molecular formula is C15H17BBrNO2S. The van der Waals surface area contributed by atoms with E-state index in [4.69, 9.17) is 9.31 Å². The zero-order valence-electron chi connectivity index (χ0n) is 12.5. The summed E-state index contributed by atoms with van der Waals surface area (Å²) >= 11 is 5.12. The van der Waals surface area contributed by atoms with Crippen LogP contribution >= 0.6 is 27.3 Å². The Balaban J connectivity index is 1.87. The van der Waals surface area contributed by atoms with Crippen molar-refractivity contribution in [2.75, 3.05) is 0 Å². The van der Waals surface area contributed by atoms with E-state index in [0.29, 0.717) is 0 Å². The highest BCUT2D eigenvalue weighted by Gasteiger charge is 2.52. The van der Waals surface area contributed by atoms with Gasteiger partial charge in [0.2, 0.25) is 0 Å². The van der Waals surface area contributed by atoms with E-state index in [1.165, 1.54) is 0 Å². The molecule has 0 aliphatic carbocycles. The van der Waals surface area contributed by atoms with Gasteiger partial charge in [-0.25, -0.2) is 0 Å². The van der Waals surface area contributed by atoms with Crippen LogP contribution in [-0.2, 0) is 9.31 Å². The molecule has 1 aliphatic heterocycles. The van der Waals surface area contributed by atoms with Gasteiger partial charge in [-0.1, -0.05) is 15.9 Å². The molecule has 1 saturated heterocycles. The molecule has 110 valence electrons. The Morgan fingerprint density at radius 2 is 1.81 bits per heavy atom. The molecule has 1 aliphatic rings. The number of hydrogen-bond donors (Lipinski definition) is 0. The van der Waals surface area contributed by atoms with Crippen molar-refractivity contribution < 1.29 is 9.31 Å². The van der Waals surface area contributed by atoms with Crippen LogP contribution in [-0.4, -0.2) is 23.3 Å². The van der Waals surface area contributed by atoms with Crippen molar-refractivity contribution in [1.82, 2.24) is 4.98 Å². The monoisotopic (exact) mass is 365 g/mol. The first-order chi connectivity index (χ1) is 9.78. The second kappa shape index (κ2) is 5.20. The van der Waals surface area contributed by atoms with Gasteiger partial charge in [-0.2, -0.15) is 11.3 Å². The first kappa shape index (κ1) is 15.2. The summed E-state index contributed by atoms with van der Waals surface area (Å²) in [5, 5.41) is 2.09. The van der Waals surface area contributed by atoms with Gasteiger partial charge >= 0.3 is 7.12 Å². The van der Waals surface area contributed by atoms with E-state index in [2.05, 4.69) is 60.1 Å².